The molecule has 0 radical (unpaired) electrons. The highest BCUT2D eigenvalue weighted by atomic mass is 32.2. The van der Waals surface area contributed by atoms with Crippen molar-refractivity contribution in [1.82, 2.24) is 10.2 Å². The quantitative estimate of drug-likeness (QED) is 0.153. The van der Waals surface area contributed by atoms with Gasteiger partial charge in [-0.25, -0.2) is 12.8 Å². The minimum absolute atomic E-state index is 0.0479. The van der Waals surface area contributed by atoms with Crippen LogP contribution in [0.1, 0.15) is 16.7 Å². The first kappa shape index (κ1) is 34.0. The number of sulfonamides is 1. The summed E-state index contributed by atoms with van der Waals surface area (Å²) in [6.45, 7) is 0.0779. The highest BCUT2D eigenvalue weighted by Gasteiger charge is 2.31. The fourth-order valence-electron chi connectivity index (χ4n) is 5.37. The Labute approximate surface area is 289 Å². The van der Waals surface area contributed by atoms with Gasteiger partial charge < -0.3 is 24.4 Å². The monoisotopic (exact) mass is 695 g/mol. The highest BCUT2D eigenvalue weighted by molar-refractivity contribution is 7.92. The summed E-state index contributed by atoms with van der Waals surface area (Å²) in [4.78, 5) is 29.4. The number of rotatable bonds is 14. The van der Waals surface area contributed by atoms with E-state index in [4.69, 9.17) is 14.2 Å². The molecule has 10 nitrogen and oxygen atoms in total. The smallest absolute Gasteiger partial charge is 0.261 e. The zero-order chi connectivity index (χ0) is 34.9. The molecule has 12 heteroatoms. The number of amides is 2. The molecule has 50 heavy (non-hydrogen) atoms. The summed E-state index contributed by atoms with van der Waals surface area (Å²) in [5.41, 5.74) is 2.71. The van der Waals surface area contributed by atoms with E-state index in [1.54, 1.807) is 6.07 Å². The van der Waals surface area contributed by atoms with Gasteiger partial charge in [-0.05, 0) is 77.4 Å². The van der Waals surface area contributed by atoms with Crippen LogP contribution in [0.5, 0.6) is 17.2 Å². The van der Waals surface area contributed by atoms with Gasteiger partial charge in [-0.3, -0.25) is 14.3 Å². The third-order valence-electron chi connectivity index (χ3n) is 7.96. The molecule has 0 aliphatic carbocycles. The maximum absolute atomic E-state index is 14.0. The van der Waals surface area contributed by atoms with Crippen LogP contribution in [0.2, 0.25) is 0 Å². The van der Waals surface area contributed by atoms with E-state index in [9.17, 15) is 22.4 Å². The molecule has 2 amide bonds. The molecule has 0 bridgehead atoms. The van der Waals surface area contributed by atoms with Gasteiger partial charge in [0, 0.05) is 25.2 Å². The predicted molar refractivity (Wildman–Crippen MR) is 184 cm³/mol. The van der Waals surface area contributed by atoms with Crippen molar-refractivity contribution in [2.75, 3.05) is 18.1 Å². The number of hydrogen-bond acceptors (Lipinski definition) is 7. The van der Waals surface area contributed by atoms with E-state index in [1.807, 2.05) is 72.8 Å². The van der Waals surface area contributed by atoms with Gasteiger partial charge in [0.25, 0.3) is 15.9 Å². The minimum atomic E-state index is -3.96. The van der Waals surface area contributed by atoms with Gasteiger partial charge in [0.2, 0.25) is 12.7 Å². The summed E-state index contributed by atoms with van der Waals surface area (Å²) >= 11 is 0. The van der Waals surface area contributed by atoms with E-state index in [-0.39, 0.29) is 48.5 Å². The summed E-state index contributed by atoms with van der Waals surface area (Å²) in [7, 11) is -3.96. The molecule has 1 heterocycles. The Morgan fingerprint density at radius 2 is 1.44 bits per heavy atom. The predicted octanol–water partition coefficient (Wildman–Crippen LogP) is 5.69. The molecule has 1 aliphatic heterocycles. The van der Waals surface area contributed by atoms with Gasteiger partial charge in [0.15, 0.2) is 18.1 Å². The molecule has 0 spiro atoms. The SMILES string of the molecule is O=C(NCc1ccc2c(c1)OCO2)[C@@H](Cc1ccccc1)N(Cc1ccccc1)C(=O)COc1ccc(S(=O)(=O)Nc2ccc(F)cc2)cc1. The van der Waals surface area contributed by atoms with Crippen LogP contribution in [0, 0.1) is 5.82 Å². The zero-order valence-corrected chi connectivity index (χ0v) is 27.6. The Morgan fingerprint density at radius 1 is 0.780 bits per heavy atom. The summed E-state index contributed by atoms with van der Waals surface area (Å²) < 4.78 is 58.1. The van der Waals surface area contributed by atoms with Gasteiger partial charge in [0.05, 0.1) is 4.90 Å². The molecule has 0 saturated heterocycles. The summed E-state index contributed by atoms with van der Waals surface area (Å²) in [6, 6.07) is 33.9. The standard InChI is InChI=1S/C38H34FN3O7S/c39-30-12-14-31(15-13-30)41-50(45,46)33-18-16-32(17-19-33)47-25-37(43)42(24-28-9-5-2-6-10-28)34(21-27-7-3-1-4-8-27)38(44)40-23-29-11-20-35-36(22-29)49-26-48-35/h1-20,22,34,41H,21,23-26H2,(H,40,44)/t34-/m1/s1. The second kappa shape index (κ2) is 15.6. The van der Waals surface area contributed by atoms with E-state index < -0.39 is 34.4 Å². The lowest BCUT2D eigenvalue weighted by molar-refractivity contribution is -0.142. The van der Waals surface area contributed by atoms with Gasteiger partial charge in [-0.15, -0.1) is 0 Å². The van der Waals surface area contributed by atoms with Crippen molar-refractivity contribution in [3.63, 3.8) is 0 Å². The number of nitrogens with one attached hydrogen (secondary N) is 2. The highest BCUT2D eigenvalue weighted by Crippen LogP contribution is 2.32. The molecule has 5 aromatic rings. The fourth-order valence-corrected chi connectivity index (χ4v) is 6.43. The molecule has 256 valence electrons. The molecule has 2 N–H and O–H groups in total. The molecule has 5 aromatic carbocycles. The first-order chi connectivity index (χ1) is 24.2. The van der Waals surface area contributed by atoms with Crippen LogP contribution >= 0.6 is 0 Å². The zero-order valence-electron chi connectivity index (χ0n) is 26.8. The molecule has 1 aliphatic rings. The minimum Gasteiger partial charge on any atom is -0.484 e. The number of fused-ring (bicyclic) bond motifs is 1. The van der Waals surface area contributed by atoms with Crippen LogP contribution in [-0.2, 0) is 39.1 Å². The van der Waals surface area contributed by atoms with E-state index in [1.165, 1.54) is 41.3 Å². The fraction of sp³-hybridized carbons (Fsp3) is 0.158. The Kier molecular flexibility index (Phi) is 10.6. The second-order valence-corrected chi connectivity index (χ2v) is 13.2. The molecular formula is C38H34FN3O7S. The normalized spacial score (nSPS) is 12.5. The number of nitrogens with zero attached hydrogens (tertiary/aromatic N) is 1. The van der Waals surface area contributed by atoms with Crippen molar-refractivity contribution in [1.29, 1.82) is 0 Å². The molecular weight excluding hydrogens is 661 g/mol. The summed E-state index contributed by atoms with van der Waals surface area (Å²) in [5, 5.41) is 2.99. The molecule has 0 saturated carbocycles. The summed E-state index contributed by atoms with van der Waals surface area (Å²) in [5.74, 6) is 0.219. The van der Waals surface area contributed by atoms with Crippen LogP contribution in [0.15, 0.2) is 132 Å². The van der Waals surface area contributed by atoms with E-state index in [2.05, 4.69) is 10.0 Å². The lowest BCUT2D eigenvalue weighted by atomic mass is 10.0. The van der Waals surface area contributed by atoms with Crippen molar-refractivity contribution in [2.24, 2.45) is 0 Å². The number of benzene rings is 5. The Bertz CT molecular complexity index is 2030. The second-order valence-electron chi connectivity index (χ2n) is 11.5. The van der Waals surface area contributed by atoms with Crippen LogP contribution < -0.4 is 24.2 Å². The Balaban J connectivity index is 1.19. The van der Waals surface area contributed by atoms with Crippen molar-refractivity contribution >= 4 is 27.5 Å². The molecule has 1 atom stereocenters. The maximum Gasteiger partial charge on any atom is 0.261 e. The molecule has 0 fully saturated rings. The Hall–Kier alpha value is -5.88. The van der Waals surface area contributed by atoms with E-state index in [0.717, 1.165) is 28.8 Å². The first-order valence-corrected chi connectivity index (χ1v) is 17.3. The van der Waals surface area contributed by atoms with Crippen LogP contribution in [0.25, 0.3) is 0 Å². The summed E-state index contributed by atoms with van der Waals surface area (Å²) in [6.07, 6.45) is 0.250. The average molecular weight is 696 g/mol. The molecule has 0 unspecified atom stereocenters. The average Bonchev–Trinajstić information content (AvgIpc) is 3.61. The topological polar surface area (TPSA) is 123 Å². The number of carbonyl (C=O) groups is 2. The molecule has 6 rings (SSSR count). The van der Waals surface area contributed by atoms with Crippen LogP contribution in [-0.4, -0.2) is 44.6 Å². The molecule has 0 aromatic heterocycles. The van der Waals surface area contributed by atoms with Crippen LogP contribution in [0.4, 0.5) is 10.1 Å². The van der Waals surface area contributed by atoms with Crippen molar-refractivity contribution in [2.45, 2.75) is 30.4 Å². The number of ether oxygens (including phenoxy) is 3. The van der Waals surface area contributed by atoms with Crippen LogP contribution in [0.3, 0.4) is 0 Å². The number of halogens is 1. The largest absolute Gasteiger partial charge is 0.484 e. The van der Waals surface area contributed by atoms with Gasteiger partial charge in [0.1, 0.15) is 17.6 Å². The van der Waals surface area contributed by atoms with Gasteiger partial charge in [-0.1, -0.05) is 66.7 Å². The third kappa shape index (κ3) is 8.77. The lowest BCUT2D eigenvalue weighted by Gasteiger charge is -2.31. The lowest BCUT2D eigenvalue weighted by Crippen LogP contribution is -2.51. The van der Waals surface area contributed by atoms with Gasteiger partial charge >= 0.3 is 0 Å². The maximum atomic E-state index is 14.0. The van der Waals surface area contributed by atoms with E-state index in [0.29, 0.717) is 11.5 Å². The first-order valence-electron chi connectivity index (χ1n) is 15.8. The number of carbonyl (C=O) groups excluding carboxylic acids is 2. The van der Waals surface area contributed by atoms with Crippen molar-refractivity contribution in [3.8, 4) is 17.2 Å². The van der Waals surface area contributed by atoms with Gasteiger partial charge in [-0.2, -0.15) is 0 Å². The Morgan fingerprint density at radius 3 is 2.14 bits per heavy atom. The van der Waals surface area contributed by atoms with Crippen molar-refractivity contribution in [3.05, 3.63) is 150 Å². The third-order valence-corrected chi connectivity index (χ3v) is 9.36. The van der Waals surface area contributed by atoms with E-state index >= 15 is 0 Å². The van der Waals surface area contributed by atoms with Crippen molar-refractivity contribution < 1.29 is 36.6 Å². The number of hydrogen-bond donors (Lipinski definition) is 2. The number of anilines is 1.